The van der Waals surface area contributed by atoms with E-state index in [1.165, 1.54) is 27.4 Å². The molecule has 0 saturated carbocycles. The fourth-order valence-corrected chi connectivity index (χ4v) is 4.69. The minimum atomic E-state index is -0.0274. The van der Waals surface area contributed by atoms with E-state index in [-0.39, 0.29) is 5.91 Å². The first kappa shape index (κ1) is 18.9. The molecule has 0 aliphatic heterocycles. The summed E-state index contributed by atoms with van der Waals surface area (Å²) >= 11 is 4.72. The van der Waals surface area contributed by atoms with Gasteiger partial charge >= 0.3 is 0 Å². The standard InChI is InChI=1S/C19H19N3OS3/c1-14-7-9-16(10-8-14)24-12-11-17(23)20-18-21-22-19(26-18)25-13-15-5-3-2-4-6-15/h2-10H,11-13H2,1H3,(H,20,21,23). The van der Waals surface area contributed by atoms with E-state index in [0.717, 1.165) is 15.8 Å². The highest BCUT2D eigenvalue weighted by molar-refractivity contribution is 8.00. The fraction of sp³-hybridized carbons (Fsp3) is 0.211. The lowest BCUT2D eigenvalue weighted by Gasteiger charge is -2.02. The van der Waals surface area contributed by atoms with Gasteiger partial charge in [0.05, 0.1) is 0 Å². The highest BCUT2D eigenvalue weighted by Gasteiger charge is 2.09. The molecule has 0 saturated heterocycles. The van der Waals surface area contributed by atoms with Gasteiger partial charge in [0, 0.05) is 22.8 Å². The second-order valence-electron chi connectivity index (χ2n) is 5.61. The first-order valence-corrected chi connectivity index (χ1v) is 11.0. The lowest BCUT2D eigenvalue weighted by atomic mass is 10.2. The number of aryl methyl sites for hydroxylation is 1. The molecule has 26 heavy (non-hydrogen) atoms. The molecule has 0 unspecified atom stereocenters. The van der Waals surface area contributed by atoms with Crippen LogP contribution in [0.3, 0.4) is 0 Å². The van der Waals surface area contributed by atoms with Gasteiger partial charge in [-0.1, -0.05) is 71.1 Å². The molecule has 3 rings (SSSR count). The number of thioether (sulfide) groups is 2. The summed E-state index contributed by atoms with van der Waals surface area (Å²) in [5, 5.41) is 11.6. The second kappa shape index (κ2) is 9.75. The summed E-state index contributed by atoms with van der Waals surface area (Å²) in [6.07, 6.45) is 0.449. The van der Waals surface area contributed by atoms with Crippen LogP contribution in [0, 0.1) is 6.92 Å². The zero-order valence-corrected chi connectivity index (χ0v) is 16.8. The summed E-state index contributed by atoms with van der Waals surface area (Å²) in [4.78, 5) is 13.2. The summed E-state index contributed by atoms with van der Waals surface area (Å²) in [5.74, 6) is 1.56. The monoisotopic (exact) mass is 401 g/mol. The minimum Gasteiger partial charge on any atom is -0.300 e. The number of hydrogen-bond acceptors (Lipinski definition) is 6. The van der Waals surface area contributed by atoms with Crippen molar-refractivity contribution in [3.05, 3.63) is 65.7 Å². The Bertz CT molecular complexity index is 835. The largest absolute Gasteiger partial charge is 0.300 e. The molecule has 1 N–H and O–H groups in total. The number of hydrogen-bond donors (Lipinski definition) is 1. The van der Waals surface area contributed by atoms with Crippen LogP contribution in [0.2, 0.25) is 0 Å². The Labute approximate surface area is 165 Å². The van der Waals surface area contributed by atoms with Crippen molar-refractivity contribution in [3.63, 3.8) is 0 Å². The molecule has 2 aromatic carbocycles. The van der Waals surface area contributed by atoms with Gasteiger partial charge in [-0.3, -0.25) is 4.79 Å². The van der Waals surface area contributed by atoms with Gasteiger partial charge in [-0.25, -0.2) is 0 Å². The maximum Gasteiger partial charge on any atom is 0.227 e. The molecule has 0 fully saturated rings. The molecule has 0 radical (unpaired) electrons. The van der Waals surface area contributed by atoms with Crippen molar-refractivity contribution in [1.82, 2.24) is 10.2 Å². The van der Waals surface area contributed by atoms with Gasteiger partial charge in [0.25, 0.3) is 0 Å². The molecule has 7 heteroatoms. The second-order valence-corrected chi connectivity index (χ2v) is 8.98. The van der Waals surface area contributed by atoms with Gasteiger partial charge in [-0.05, 0) is 24.6 Å². The maximum absolute atomic E-state index is 12.1. The first-order valence-electron chi connectivity index (χ1n) is 8.18. The quantitative estimate of drug-likeness (QED) is 0.412. The van der Waals surface area contributed by atoms with Crippen molar-refractivity contribution in [3.8, 4) is 0 Å². The van der Waals surface area contributed by atoms with E-state index in [1.807, 2.05) is 18.2 Å². The van der Waals surface area contributed by atoms with E-state index < -0.39 is 0 Å². The fourth-order valence-electron chi connectivity index (χ4n) is 2.12. The number of carbonyl (C=O) groups excluding carboxylic acids is 1. The average molecular weight is 402 g/mol. The van der Waals surface area contributed by atoms with Crippen LogP contribution >= 0.6 is 34.9 Å². The maximum atomic E-state index is 12.1. The Morgan fingerprint density at radius 1 is 1.04 bits per heavy atom. The zero-order valence-electron chi connectivity index (χ0n) is 14.3. The number of anilines is 1. The van der Waals surface area contributed by atoms with Gasteiger partial charge in [-0.15, -0.1) is 22.0 Å². The number of nitrogens with one attached hydrogen (secondary N) is 1. The van der Waals surface area contributed by atoms with Crippen LogP contribution in [0.5, 0.6) is 0 Å². The number of aromatic nitrogens is 2. The van der Waals surface area contributed by atoms with Crippen LogP contribution in [0.1, 0.15) is 17.5 Å². The predicted octanol–water partition coefficient (Wildman–Crippen LogP) is 5.26. The summed E-state index contributed by atoms with van der Waals surface area (Å²) in [6.45, 7) is 2.07. The Kier molecular flexibility index (Phi) is 7.11. The minimum absolute atomic E-state index is 0.0274. The number of carbonyl (C=O) groups is 1. The van der Waals surface area contributed by atoms with Gasteiger partial charge in [0.15, 0.2) is 4.34 Å². The van der Waals surface area contributed by atoms with Gasteiger partial charge in [0.2, 0.25) is 11.0 Å². The molecular weight excluding hydrogens is 382 g/mol. The molecule has 0 bridgehead atoms. The number of benzene rings is 2. The predicted molar refractivity (Wildman–Crippen MR) is 111 cm³/mol. The highest BCUT2D eigenvalue weighted by atomic mass is 32.2. The van der Waals surface area contributed by atoms with Crippen LogP contribution in [0.4, 0.5) is 5.13 Å². The van der Waals surface area contributed by atoms with E-state index in [4.69, 9.17) is 0 Å². The zero-order chi connectivity index (χ0) is 18.2. The molecular formula is C19H19N3OS3. The van der Waals surface area contributed by atoms with Crippen molar-refractivity contribution >= 4 is 45.9 Å². The van der Waals surface area contributed by atoms with E-state index in [0.29, 0.717) is 11.6 Å². The van der Waals surface area contributed by atoms with Crippen LogP contribution in [0.25, 0.3) is 0 Å². The Hall–Kier alpha value is -1.83. The lowest BCUT2D eigenvalue weighted by Crippen LogP contribution is -2.11. The van der Waals surface area contributed by atoms with E-state index in [2.05, 4.69) is 58.8 Å². The van der Waals surface area contributed by atoms with E-state index >= 15 is 0 Å². The summed E-state index contributed by atoms with van der Waals surface area (Å²) < 4.78 is 0.859. The van der Waals surface area contributed by atoms with Gasteiger partial charge in [-0.2, -0.15) is 0 Å². The molecule has 0 aliphatic rings. The van der Waals surface area contributed by atoms with Crippen LogP contribution in [0.15, 0.2) is 63.8 Å². The van der Waals surface area contributed by atoms with Crippen molar-refractivity contribution in [1.29, 1.82) is 0 Å². The molecule has 0 spiro atoms. The molecule has 1 heterocycles. The summed E-state index contributed by atoms with van der Waals surface area (Å²) in [5.41, 5.74) is 2.48. The molecule has 0 aliphatic carbocycles. The van der Waals surface area contributed by atoms with Crippen LogP contribution < -0.4 is 5.32 Å². The highest BCUT2D eigenvalue weighted by Crippen LogP contribution is 2.28. The average Bonchev–Trinajstić information content (AvgIpc) is 3.10. The van der Waals surface area contributed by atoms with Gasteiger partial charge < -0.3 is 5.32 Å². The topological polar surface area (TPSA) is 54.9 Å². The molecule has 1 aromatic heterocycles. The number of amides is 1. The van der Waals surface area contributed by atoms with Crippen molar-refractivity contribution in [2.45, 2.75) is 28.3 Å². The molecule has 1 amide bonds. The normalized spacial score (nSPS) is 10.7. The number of nitrogens with zero attached hydrogens (tertiary/aromatic N) is 2. The third-order valence-electron chi connectivity index (χ3n) is 3.48. The van der Waals surface area contributed by atoms with Crippen LogP contribution in [-0.2, 0) is 10.5 Å². The lowest BCUT2D eigenvalue weighted by molar-refractivity contribution is -0.115. The Balaban J connectivity index is 1.40. The smallest absolute Gasteiger partial charge is 0.227 e. The Morgan fingerprint density at radius 2 is 1.81 bits per heavy atom. The van der Waals surface area contributed by atoms with E-state index in [1.54, 1.807) is 23.5 Å². The SMILES string of the molecule is Cc1ccc(SCCC(=O)Nc2nnc(SCc3ccccc3)s2)cc1. The third-order valence-corrected chi connectivity index (χ3v) is 6.53. The molecule has 134 valence electrons. The third kappa shape index (κ3) is 6.16. The van der Waals surface area contributed by atoms with Crippen LogP contribution in [-0.4, -0.2) is 21.9 Å². The number of rotatable bonds is 8. The van der Waals surface area contributed by atoms with Gasteiger partial charge in [0.1, 0.15) is 0 Å². The molecule has 4 nitrogen and oxygen atoms in total. The van der Waals surface area contributed by atoms with Crippen molar-refractivity contribution in [2.75, 3.05) is 11.1 Å². The summed E-state index contributed by atoms with van der Waals surface area (Å²) in [7, 11) is 0. The van der Waals surface area contributed by atoms with Crippen molar-refractivity contribution in [2.24, 2.45) is 0 Å². The first-order chi connectivity index (χ1) is 12.7. The Morgan fingerprint density at radius 3 is 2.58 bits per heavy atom. The van der Waals surface area contributed by atoms with Crippen molar-refractivity contribution < 1.29 is 4.79 Å². The molecule has 0 atom stereocenters. The molecule has 3 aromatic rings. The summed E-state index contributed by atoms with van der Waals surface area (Å²) in [6, 6.07) is 18.6. The van der Waals surface area contributed by atoms with E-state index in [9.17, 15) is 4.79 Å².